The quantitative estimate of drug-likeness (QED) is 0.925. The first-order valence-corrected chi connectivity index (χ1v) is 7.57. The van der Waals surface area contributed by atoms with E-state index in [1.807, 2.05) is 36.4 Å². The maximum absolute atomic E-state index is 5.73. The molecule has 0 spiro atoms. The Kier molecular flexibility index (Phi) is 4.37. The first-order chi connectivity index (χ1) is 10.8. The number of anilines is 1. The molecule has 0 amide bonds. The van der Waals surface area contributed by atoms with Crippen molar-refractivity contribution in [1.29, 1.82) is 0 Å². The number of fused-ring (bicyclic) bond motifs is 1. The van der Waals surface area contributed by atoms with Crippen molar-refractivity contribution in [3.63, 3.8) is 0 Å². The Hall–Kier alpha value is -2.36. The minimum atomic E-state index is 0.126. The molecule has 1 atom stereocenters. The monoisotopic (exact) mass is 299 g/mol. The van der Waals surface area contributed by atoms with Gasteiger partial charge in [-0.2, -0.15) is 0 Å². The molecule has 22 heavy (non-hydrogen) atoms. The van der Waals surface area contributed by atoms with Crippen LogP contribution in [0.25, 0.3) is 0 Å². The summed E-state index contributed by atoms with van der Waals surface area (Å²) in [5, 5.41) is 3.49. The average molecular weight is 299 g/mol. The van der Waals surface area contributed by atoms with Crippen molar-refractivity contribution < 1.29 is 14.2 Å². The zero-order chi connectivity index (χ0) is 15.4. The summed E-state index contributed by atoms with van der Waals surface area (Å²) in [5.74, 6) is 2.50. The van der Waals surface area contributed by atoms with Crippen LogP contribution >= 0.6 is 0 Å². The van der Waals surface area contributed by atoms with E-state index in [9.17, 15) is 0 Å². The van der Waals surface area contributed by atoms with E-state index in [-0.39, 0.29) is 6.04 Å². The predicted molar refractivity (Wildman–Crippen MR) is 87.1 cm³/mol. The van der Waals surface area contributed by atoms with Crippen molar-refractivity contribution in [3.8, 4) is 17.2 Å². The van der Waals surface area contributed by atoms with Crippen molar-refractivity contribution in [2.75, 3.05) is 25.6 Å². The van der Waals surface area contributed by atoms with E-state index in [0.717, 1.165) is 34.9 Å². The number of para-hydroxylation sites is 1. The summed E-state index contributed by atoms with van der Waals surface area (Å²) in [7, 11) is 1.69. The fourth-order valence-corrected chi connectivity index (χ4v) is 2.60. The molecule has 1 aliphatic heterocycles. The summed E-state index contributed by atoms with van der Waals surface area (Å²) >= 11 is 0. The van der Waals surface area contributed by atoms with Crippen LogP contribution in [-0.4, -0.2) is 20.3 Å². The van der Waals surface area contributed by atoms with Crippen molar-refractivity contribution in [1.82, 2.24) is 0 Å². The van der Waals surface area contributed by atoms with Crippen LogP contribution in [0.15, 0.2) is 42.5 Å². The number of hydrogen-bond donors (Lipinski definition) is 1. The van der Waals surface area contributed by atoms with Crippen LogP contribution in [0.4, 0.5) is 5.69 Å². The highest BCUT2D eigenvalue weighted by molar-refractivity contribution is 5.56. The Morgan fingerprint density at radius 2 is 1.82 bits per heavy atom. The van der Waals surface area contributed by atoms with Gasteiger partial charge < -0.3 is 19.5 Å². The Morgan fingerprint density at radius 3 is 2.64 bits per heavy atom. The second-order valence-electron chi connectivity index (χ2n) is 5.32. The van der Waals surface area contributed by atoms with Gasteiger partial charge in [0.2, 0.25) is 0 Å². The number of nitrogens with one attached hydrogen (secondary N) is 1. The number of rotatable bonds is 4. The number of methoxy groups -OCH3 is 1. The lowest BCUT2D eigenvalue weighted by atomic mass is 10.1. The van der Waals surface area contributed by atoms with Gasteiger partial charge in [-0.1, -0.05) is 18.2 Å². The van der Waals surface area contributed by atoms with Crippen molar-refractivity contribution >= 4 is 5.69 Å². The molecule has 2 aromatic carbocycles. The molecule has 0 fully saturated rings. The molecule has 1 N–H and O–H groups in total. The average Bonchev–Trinajstić information content (AvgIpc) is 2.79. The summed E-state index contributed by atoms with van der Waals surface area (Å²) in [6.45, 7) is 3.51. The Labute approximate surface area is 131 Å². The molecule has 0 aromatic heterocycles. The maximum atomic E-state index is 5.73. The van der Waals surface area contributed by atoms with Crippen LogP contribution in [0, 0.1) is 0 Å². The highest BCUT2D eigenvalue weighted by atomic mass is 16.5. The first kappa shape index (κ1) is 14.6. The van der Waals surface area contributed by atoms with Crippen LogP contribution in [0.3, 0.4) is 0 Å². The Morgan fingerprint density at radius 1 is 1.05 bits per heavy atom. The second kappa shape index (κ2) is 6.60. The molecular formula is C18H21NO3. The zero-order valence-electron chi connectivity index (χ0n) is 13.0. The number of benzene rings is 2. The molecular weight excluding hydrogens is 278 g/mol. The largest absolute Gasteiger partial charge is 0.496 e. The molecule has 4 nitrogen and oxygen atoms in total. The van der Waals surface area contributed by atoms with Crippen LogP contribution in [0.1, 0.15) is 24.9 Å². The lowest BCUT2D eigenvalue weighted by Crippen LogP contribution is -2.08. The van der Waals surface area contributed by atoms with Gasteiger partial charge in [0, 0.05) is 23.7 Å². The first-order valence-electron chi connectivity index (χ1n) is 7.57. The molecule has 4 heteroatoms. The highest BCUT2D eigenvalue weighted by Gasteiger charge is 2.14. The van der Waals surface area contributed by atoms with E-state index in [2.05, 4.69) is 18.3 Å². The summed E-state index contributed by atoms with van der Waals surface area (Å²) in [4.78, 5) is 0. The molecule has 0 radical (unpaired) electrons. The summed E-state index contributed by atoms with van der Waals surface area (Å²) in [5.41, 5.74) is 2.12. The lowest BCUT2D eigenvalue weighted by molar-refractivity contribution is 0.297. The standard InChI is InChI=1S/C18H21NO3/c1-13(15-6-3-4-7-16(15)20-2)19-14-8-9-17-18(12-14)22-11-5-10-21-17/h3-4,6-9,12-13,19H,5,10-11H2,1-2H3. The van der Waals surface area contributed by atoms with Crippen molar-refractivity contribution in [3.05, 3.63) is 48.0 Å². The molecule has 0 saturated carbocycles. The molecule has 3 rings (SSSR count). The molecule has 1 aliphatic rings. The highest BCUT2D eigenvalue weighted by Crippen LogP contribution is 2.34. The minimum Gasteiger partial charge on any atom is -0.496 e. The molecule has 0 aliphatic carbocycles. The topological polar surface area (TPSA) is 39.7 Å². The van der Waals surface area contributed by atoms with Gasteiger partial charge in [-0.05, 0) is 25.1 Å². The predicted octanol–water partition coefficient (Wildman–Crippen LogP) is 4.03. The summed E-state index contributed by atoms with van der Waals surface area (Å²) in [6, 6.07) is 14.1. The van der Waals surface area contributed by atoms with Crippen LogP contribution in [-0.2, 0) is 0 Å². The third kappa shape index (κ3) is 3.11. The fraction of sp³-hybridized carbons (Fsp3) is 0.333. The van der Waals surface area contributed by atoms with E-state index < -0.39 is 0 Å². The molecule has 0 bridgehead atoms. The van der Waals surface area contributed by atoms with Gasteiger partial charge in [0.05, 0.1) is 26.4 Å². The van der Waals surface area contributed by atoms with Crippen molar-refractivity contribution in [2.45, 2.75) is 19.4 Å². The van der Waals surface area contributed by atoms with Crippen LogP contribution in [0.2, 0.25) is 0 Å². The van der Waals surface area contributed by atoms with Gasteiger partial charge in [0.1, 0.15) is 5.75 Å². The Bertz CT molecular complexity index is 642. The summed E-state index contributed by atoms with van der Waals surface area (Å²) in [6.07, 6.45) is 0.912. The van der Waals surface area contributed by atoms with E-state index >= 15 is 0 Å². The van der Waals surface area contributed by atoms with Crippen LogP contribution in [0.5, 0.6) is 17.2 Å². The molecule has 0 saturated heterocycles. The molecule has 1 heterocycles. The van der Waals surface area contributed by atoms with Gasteiger partial charge in [0.25, 0.3) is 0 Å². The summed E-state index contributed by atoms with van der Waals surface area (Å²) < 4.78 is 16.8. The van der Waals surface area contributed by atoms with E-state index in [1.54, 1.807) is 7.11 Å². The fourth-order valence-electron chi connectivity index (χ4n) is 2.60. The van der Waals surface area contributed by atoms with Gasteiger partial charge >= 0.3 is 0 Å². The lowest BCUT2D eigenvalue weighted by Gasteiger charge is -2.19. The van der Waals surface area contributed by atoms with Gasteiger partial charge in [-0.15, -0.1) is 0 Å². The van der Waals surface area contributed by atoms with Crippen LogP contribution < -0.4 is 19.5 Å². The third-order valence-electron chi connectivity index (χ3n) is 3.74. The Balaban J connectivity index is 1.79. The van der Waals surface area contributed by atoms with E-state index in [0.29, 0.717) is 13.2 Å². The maximum Gasteiger partial charge on any atom is 0.163 e. The van der Waals surface area contributed by atoms with E-state index in [4.69, 9.17) is 14.2 Å². The normalized spacial score (nSPS) is 14.8. The number of hydrogen-bond acceptors (Lipinski definition) is 4. The van der Waals surface area contributed by atoms with Crippen molar-refractivity contribution in [2.24, 2.45) is 0 Å². The van der Waals surface area contributed by atoms with E-state index in [1.165, 1.54) is 0 Å². The molecule has 2 aromatic rings. The SMILES string of the molecule is COc1ccccc1C(C)Nc1ccc2c(c1)OCCCO2. The molecule has 116 valence electrons. The van der Waals surface area contributed by atoms with Gasteiger partial charge in [0.15, 0.2) is 11.5 Å². The molecule has 1 unspecified atom stereocenters. The smallest absolute Gasteiger partial charge is 0.163 e. The third-order valence-corrected chi connectivity index (χ3v) is 3.74. The second-order valence-corrected chi connectivity index (χ2v) is 5.32. The van der Waals surface area contributed by atoms with Gasteiger partial charge in [-0.3, -0.25) is 0 Å². The van der Waals surface area contributed by atoms with Gasteiger partial charge in [-0.25, -0.2) is 0 Å². The minimum absolute atomic E-state index is 0.126. The zero-order valence-corrected chi connectivity index (χ0v) is 13.0. The number of ether oxygens (including phenoxy) is 3.